The van der Waals surface area contributed by atoms with Crippen LogP contribution in [0.5, 0.6) is 0 Å². The number of thioether (sulfide) groups is 2. The molecule has 1 fully saturated rings. The standard InChI is InChI=1S/C23H28N4O2S3/c1-12(2)18-15-8-4-7-14(15)17-19-20(32-21(17)25-18)22(27-23(26-19)30-3)31-11-16(28)24-10-13-6-5-9-29-13/h12-13H,4-11H2,1-3H3,(H,24,28)/t13-/m0/s1. The average molecular weight is 489 g/mol. The minimum absolute atomic E-state index is 0.0187. The third kappa shape index (κ3) is 4.24. The van der Waals surface area contributed by atoms with Crippen molar-refractivity contribution in [2.75, 3.05) is 25.2 Å². The fourth-order valence-electron chi connectivity index (χ4n) is 4.64. The molecule has 4 heterocycles. The van der Waals surface area contributed by atoms with Gasteiger partial charge in [0.05, 0.1) is 22.1 Å². The summed E-state index contributed by atoms with van der Waals surface area (Å²) in [6, 6.07) is 0. The second-order valence-corrected chi connectivity index (χ2v) is 11.4. The Hall–Kier alpha value is -1.42. The van der Waals surface area contributed by atoms with E-state index in [1.807, 2.05) is 6.26 Å². The second-order valence-electron chi connectivity index (χ2n) is 8.67. The summed E-state index contributed by atoms with van der Waals surface area (Å²) in [4.78, 5) is 28.3. The van der Waals surface area contributed by atoms with Gasteiger partial charge in [-0.25, -0.2) is 15.0 Å². The van der Waals surface area contributed by atoms with Crippen molar-refractivity contribution < 1.29 is 9.53 Å². The highest BCUT2D eigenvalue weighted by molar-refractivity contribution is 8.00. The first-order chi connectivity index (χ1) is 15.5. The highest BCUT2D eigenvalue weighted by Crippen LogP contribution is 2.43. The van der Waals surface area contributed by atoms with Gasteiger partial charge in [0, 0.05) is 24.2 Å². The van der Waals surface area contributed by atoms with Crippen molar-refractivity contribution in [3.05, 3.63) is 16.8 Å². The average Bonchev–Trinajstić information content (AvgIpc) is 3.54. The van der Waals surface area contributed by atoms with E-state index in [-0.39, 0.29) is 12.0 Å². The van der Waals surface area contributed by atoms with Gasteiger partial charge in [-0.3, -0.25) is 4.79 Å². The zero-order chi connectivity index (χ0) is 22.2. The molecule has 3 aromatic heterocycles. The number of aromatic nitrogens is 3. The van der Waals surface area contributed by atoms with E-state index in [9.17, 15) is 4.79 Å². The van der Waals surface area contributed by atoms with Crippen LogP contribution in [-0.4, -0.2) is 52.1 Å². The summed E-state index contributed by atoms with van der Waals surface area (Å²) in [6.07, 6.45) is 7.63. The third-order valence-corrected chi connectivity index (χ3v) is 8.87. The van der Waals surface area contributed by atoms with Crippen molar-refractivity contribution in [2.24, 2.45) is 0 Å². The monoisotopic (exact) mass is 488 g/mol. The molecule has 1 aliphatic carbocycles. The first kappa shape index (κ1) is 22.4. The molecule has 1 saturated heterocycles. The number of pyridine rings is 1. The van der Waals surface area contributed by atoms with Gasteiger partial charge in [-0.2, -0.15) is 0 Å². The number of aryl methyl sites for hydroxylation is 1. The fourth-order valence-corrected chi connectivity index (χ4v) is 7.15. The normalized spacial score (nSPS) is 18.2. The molecule has 9 heteroatoms. The van der Waals surface area contributed by atoms with E-state index in [4.69, 9.17) is 19.7 Å². The molecule has 1 aliphatic heterocycles. The van der Waals surface area contributed by atoms with Crippen LogP contribution in [-0.2, 0) is 22.4 Å². The molecule has 0 spiro atoms. The number of nitrogens with zero attached hydrogens (tertiary/aromatic N) is 3. The first-order valence-electron chi connectivity index (χ1n) is 11.3. The van der Waals surface area contributed by atoms with Gasteiger partial charge in [-0.15, -0.1) is 11.3 Å². The van der Waals surface area contributed by atoms with Crippen molar-refractivity contribution in [3.63, 3.8) is 0 Å². The summed E-state index contributed by atoms with van der Waals surface area (Å²) in [5, 5.41) is 5.85. The number of hydrogen-bond acceptors (Lipinski definition) is 8. The summed E-state index contributed by atoms with van der Waals surface area (Å²) in [5.74, 6) is 0.764. The van der Waals surface area contributed by atoms with Crippen molar-refractivity contribution >= 4 is 61.2 Å². The van der Waals surface area contributed by atoms with Crippen LogP contribution in [0.4, 0.5) is 0 Å². The van der Waals surface area contributed by atoms with Gasteiger partial charge < -0.3 is 10.1 Å². The molecule has 3 aromatic rings. The molecule has 0 saturated carbocycles. The lowest BCUT2D eigenvalue weighted by Crippen LogP contribution is -2.32. The molecule has 0 bridgehead atoms. The van der Waals surface area contributed by atoms with E-state index in [0.29, 0.717) is 18.2 Å². The molecule has 0 unspecified atom stereocenters. The number of carbonyl (C=O) groups excluding carboxylic acids is 1. The van der Waals surface area contributed by atoms with Crippen molar-refractivity contribution in [2.45, 2.75) is 68.2 Å². The molecule has 170 valence electrons. The number of hydrogen-bond donors (Lipinski definition) is 1. The summed E-state index contributed by atoms with van der Waals surface area (Å²) >= 11 is 4.71. The van der Waals surface area contributed by atoms with E-state index < -0.39 is 0 Å². The molecule has 1 atom stereocenters. The Kier molecular flexibility index (Phi) is 6.60. The van der Waals surface area contributed by atoms with Gasteiger partial charge in [0.2, 0.25) is 5.91 Å². The van der Waals surface area contributed by atoms with Gasteiger partial charge in [0.15, 0.2) is 5.16 Å². The molecule has 5 rings (SSSR count). The Labute approximate surface area is 200 Å². The number of carbonyl (C=O) groups is 1. The maximum atomic E-state index is 12.5. The minimum Gasteiger partial charge on any atom is -0.376 e. The topological polar surface area (TPSA) is 77.0 Å². The SMILES string of the molecule is CSc1nc(SCC(=O)NC[C@@H]2CCCO2)c2sc3nc(C(C)C)c4c(c3c2n1)CCC4. The largest absolute Gasteiger partial charge is 0.376 e. The highest BCUT2D eigenvalue weighted by atomic mass is 32.2. The van der Waals surface area contributed by atoms with Crippen LogP contribution in [0.15, 0.2) is 10.2 Å². The van der Waals surface area contributed by atoms with Gasteiger partial charge in [-0.1, -0.05) is 37.4 Å². The summed E-state index contributed by atoms with van der Waals surface area (Å²) < 4.78 is 6.65. The highest BCUT2D eigenvalue weighted by Gasteiger charge is 2.26. The van der Waals surface area contributed by atoms with Crippen LogP contribution in [0.2, 0.25) is 0 Å². The predicted molar refractivity (Wildman–Crippen MR) is 133 cm³/mol. The van der Waals surface area contributed by atoms with E-state index >= 15 is 0 Å². The van der Waals surface area contributed by atoms with Crippen LogP contribution in [0.1, 0.15) is 55.8 Å². The van der Waals surface area contributed by atoms with E-state index in [1.54, 1.807) is 23.1 Å². The third-order valence-electron chi connectivity index (χ3n) is 6.13. The van der Waals surface area contributed by atoms with Crippen LogP contribution in [0.3, 0.4) is 0 Å². The molecule has 0 radical (unpaired) electrons. The Balaban J connectivity index is 1.48. The molecule has 0 aromatic carbocycles. The molecule has 32 heavy (non-hydrogen) atoms. The van der Waals surface area contributed by atoms with Crippen LogP contribution in [0, 0.1) is 0 Å². The fraction of sp³-hybridized carbons (Fsp3) is 0.565. The van der Waals surface area contributed by atoms with Gasteiger partial charge in [0.25, 0.3) is 0 Å². The summed E-state index contributed by atoms with van der Waals surface area (Å²) in [7, 11) is 0. The van der Waals surface area contributed by atoms with E-state index in [1.165, 1.54) is 40.4 Å². The zero-order valence-corrected chi connectivity index (χ0v) is 21.1. The van der Waals surface area contributed by atoms with Crippen LogP contribution < -0.4 is 5.32 Å². The van der Waals surface area contributed by atoms with Crippen molar-refractivity contribution in [1.29, 1.82) is 0 Å². The Morgan fingerprint density at radius 1 is 1.22 bits per heavy atom. The number of nitrogens with one attached hydrogen (secondary N) is 1. The Morgan fingerprint density at radius 2 is 2.06 bits per heavy atom. The molecule has 1 amide bonds. The maximum absolute atomic E-state index is 12.5. The van der Waals surface area contributed by atoms with Crippen LogP contribution >= 0.6 is 34.9 Å². The summed E-state index contributed by atoms with van der Waals surface area (Å²) in [5.41, 5.74) is 5.10. The molecular formula is C23H28N4O2S3. The minimum atomic E-state index is 0.0187. The zero-order valence-electron chi connectivity index (χ0n) is 18.7. The Morgan fingerprint density at radius 3 is 2.81 bits per heavy atom. The lowest BCUT2D eigenvalue weighted by Gasteiger charge is -2.12. The predicted octanol–water partition coefficient (Wildman–Crippen LogP) is 4.96. The van der Waals surface area contributed by atoms with Crippen molar-refractivity contribution in [1.82, 2.24) is 20.3 Å². The lowest BCUT2D eigenvalue weighted by molar-refractivity contribution is -0.119. The van der Waals surface area contributed by atoms with Gasteiger partial charge in [-0.05, 0) is 55.4 Å². The number of amides is 1. The Bertz CT molecular complexity index is 1170. The van der Waals surface area contributed by atoms with Gasteiger partial charge >= 0.3 is 0 Å². The maximum Gasteiger partial charge on any atom is 0.230 e. The van der Waals surface area contributed by atoms with E-state index in [0.717, 1.165) is 57.5 Å². The molecule has 6 nitrogen and oxygen atoms in total. The lowest BCUT2D eigenvalue weighted by atomic mass is 9.99. The summed E-state index contributed by atoms with van der Waals surface area (Å²) in [6.45, 7) is 5.84. The number of thiophene rings is 1. The van der Waals surface area contributed by atoms with Gasteiger partial charge in [0.1, 0.15) is 9.86 Å². The number of fused-ring (bicyclic) bond motifs is 5. The van der Waals surface area contributed by atoms with Crippen molar-refractivity contribution in [3.8, 4) is 0 Å². The number of ether oxygens (including phenoxy) is 1. The second kappa shape index (κ2) is 9.44. The quantitative estimate of drug-likeness (QED) is 0.286. The number of rotatable bonds is 7. The molecule has 2 aliphatic rings. The van der Waals surface area contributed by atoms with E-state index in [2.05, 4.69) is 19.2 Å². The molecule has 1 N–H and O–H groups in total. The van der Waals surface area contributed by atoms with Crippen LogP contribution in [0.25, 0.3) is 20.4 Å². The molecular weight excluding hydrogens is 460 g/mol. The smallest absolute Gasteiger partial charge is 0.230 e. The first-order valence-corrected chi connectivity index (χ1v) is 14.3.